The Hall–Kier alpha value is -2.95. The molecule has 0 aliphatic carbocycles. The van der Waals surface area contributed by atoms with E-state index < -0.39 is 5.41 Å². The number of aryl methyl sites for hydroxylation is 1. The van der Waals surface area contributed by atoms with Gasteiger partial charge in [-0.05, 0) is 57.4 Å². The normalized spacial score (nSPS) is 21.0. The van der Waals surface area contributed by atoms with Crippen LogP contribution in [0, 0.1) is 6.92 Å². The Morgan fingerprint density at radius 1 is 1.30 bits per heavy atom. The summed E-state index contributed by atoms with van der Waals surface area (Å²) in [7, 11) is 1.59. The molecule has 1 aliphatic heterocycles. The molecule has 0 saturated heterocycles. The van der Waals surface area contributed by atoms with Crippen molar-refractivity contribution in [2.45, 2.75) is 58.5 Å². The van der Waals surface area contributed by atoms with Crippen LogP contribution in [0.5, 0.6) is 11.5 Å². The van der Waals surface area contributed by atoms with Crippen LogP contribution in [-0.2, 0) is 11.8 Å². The summed E-state index contributed by atoms with van der Waals surface area (Å²) in [6.07, 6.45) is 6.31. The SMILES string of the molecule is COc1ccc2c3c(c(=O)oc2c1)[C@@](C)(CC/C=C(\C)Cc1cc(C)co1)[C@@H](C)O3. The number of benzene rings is 1. The Balaban J connectivity index is 1.60. The fraction of sp³-hybridized carbons (Fsp3) is 0.400. The lowest BCUT2D eigenvalue weighted by atomic mass is 9.76. The van der Waals surface area contributed by atoms with Gasteiger partial charge in [-0.2, -0.15) is 0 Å². The molecular weight excluding hydrogens is 380 g/mol. The predicted octanol–water partition coefficient (Wildman–Crippen LogP) is 5.71. The Labute approximate surface area is 176 Å². The summed E-state index contributed by atoms with van der Waals surface area (Å²) in [5.74, 6) is 2.26. The molecule has 3 aromatic rings. The minimum Gasteiger partial charge on any atom is -0.497 e. The molecule has 4 rings (SSSR count). The third kappa shape index (κ3) is 3.53. The third-order valence-electron chi connectivity index (χ3n) is 6.22. The van der Waals surface area contributed by atoms with Crippen LogP contribution in [0.2, 0.25) is 0 Å². The van der Waals surface area contributed by atoms with Gasteiger partial charge in [0.2, 0.25) is 0 Å². The quantitative estimate of drug-likeness (QED) is 0.386. The molecule has 3 heterocycles. The van der Waals surface area contributed by atoms with Gasteiger partial charge in [0.05, 0.1) is 24.3 Å². The van der Waals surface area contributed by atoms with Crippen molar-refractivity contribution in [2.24, 2.45) is 0 Å². The highest BCUT2D eigenvalue weighted by Crippen LogP contribution is 2.47. The zero-order chi connectivity index (χ0) is 21.5. The van der Waals surface area contributed by atoms with Crippen molar-refractivity contribution >= 4 is 11.0 Å². The molecule has 0 fully saturated rings. The van der Waals surface area contributed by atoms with Crippen molar-refractivity contribution in [3.63, 3.8) is 0 Å². The fourth-order valence-corrected chi connectivity index (χ4v) is 4.28. The van der Waals surface area contributed by atoms with Gasteiger partial charge in [-0.25, -0.2) is 4.79 Å². The summed E-state index contributed by atoms with van der Waals surface area (Å²) in [5.41, 5.74) is 2.76. The second-order valence-electron chi connectivity index (χ2n) is 8.49. The van der Waals surface area contributed by atoms with Crippen molar-refractivity contribution < 1.29 is 18.3 Å². The first-order valence-electron chi connectivity index (χ1n) is 10.3. The molecule has 0 bridgehead atoms. The van der Waals surface area contributed by atoms with Gasteiger partial charge < -0.3 is 18.3 Å². The van der Waals surface area contributed by atoms with E-state index in [2.05, 4.69) is 26.0 Å². The minimum atomic E-state index is -0.415. The Morgan fingerprint density at radius 2 is 2.10 bits per heavy atom. The van der Waals surface area contributed by atoms with E-state index in [1.807, 2.05) is 26.0 Å². The molecule has 2 aromatic heterocycles. The van der Waals surface area contributed by atoms with E-state index in [1.54, 1.807) is 19.4 Å². The second-order valence-corrected chi connectivity index (χ2v) is 8.49. The van der Waals surface area contributed by atoms with E-state index in [9.17, 15) is 4.79 Å². The highest BCUT2D eigenvalue weighted by atomic mass is 16.5. The van der Waals surface area contributed by atoms with E-state index >= 15 is 0 Å². The van der Waals surface area contributed by atoms with Crippen LogP contribution in [0.3, 0.4) is 0 Å². The van der Waals surface area contributed by atoms with Crippen molar-refractivity contribution in [3.8, 4) is 11.5 Å². The summed E-state index contributed by atoms with van der Waals surface area (Å²) in [5, 5.41) is 0.806. The zero-order valence-electron chi connectivity index (χ0n) is 18.2. The molecule has 0 unspecified atom stereocenters. The van der Waals surface area contributed by atoms with Crippen molar-refractivity contribution in [1.29, 1.82) is 0 Å². The van der Waals surface area contributed by atoms with Crippen LogP contribution < -0.4 is 15.1 Å². The molecule has 0 amide bonds. The maximum Gasteiger partial charge on any atom is 0.343 e. The largest absolute Gasteiger partial charge is 0.497 e. The summed E-state index contributed by atoms with van der Waals surface area (Å²) < 4.78 is 22.7. The average molecular weight is 408 g/mol. The molecule has 30 heavy (non-hydrogen) atoms. The monoisotopic (exact) mass is 408 g/mol. The van der Waals surface area contributed by atoms with E-state index in [1.165, 1.54) is 5.57 Å². The number of furan rings is 1. The van der Waals surface area contributed by atoms with Gasteiger partial charge in [-0.1, -0.05) is 18.6 Å². The first-order valence-corrected chi connectivity index (χ1v) is 10.3. The van der Waals surface area contributed by atoms with Crippen LogP contribution in [0.15, 0.2) is 55.8 Å². The van der Waals surface area contributed by atoms with Crippen LogP contribution in [-0.4, -0.2) is 13.2 Å². The van der Waals surface area contributed by atoms with E-state index in [-0.39, 0.29) is 11.7 Å². The topological polar surface area (TPSA) is 61.8 Å². The molecule has 2 atom stereocenters. The molecule has 0 spiro atoms. The predicted molar refractivity (Wildman–Crippen MR) is 117 cm³/mol. The van der Waals surface area contributed by atoms with Crippen molar-refractivity contribution in [1.82, 2.24) is 0 Å². The number of rotatable bonds is 6. The number of fused-ring (bicyclic) bond motifs is 3. The lowest BCUT2D eigenvalue weighted by Gasteiger charge is -2.26. The van der Waals surface area contributed by atoms with E-state index in [0.29, 0.717) is 22.6 Å². The van der Waals surface area contributed by atoms with Crippen molar-refractivity contribution in [3.05, 3.63) is 69.5 Å². The Bertz CT molecular complexity index is 1170. The number of allylic oxidation sites excluding steroid dienone is 2. The lowest BCUT2D eigenvalue weighted by molar-refractivity contribution is 0.169. The maximum atomic E-state index is 12.9. The Morgan fingerprint density at radius 3 is 2.80 bits per heavy atom. The maximum absolute atomic E-state index is 12.9. The van der Waals surface area contributed by atoms with E-state index in [4.69, 9.17) is 18.3 Å². The van der Waals surface area contributed by atoms with E-state index in [0.717, 1.165) is 36.0 Å². The van der Waals surface area contributed by atoms with Gasteiger partial charge in [0.1, 0.15) is 28.9 Å². The average Bonchev–Trinajstić information content (AvgIpc) is 3.22. The zero-order valence-corrected chi connectivity index (χ0v) is 18.2. The number of ether oxygens (including phenoxy) is 2. The van der Waals surface area contributed by atoms with Gasteiger partial charge in [0.25, 0.3) is 0 Å². The summed E-state index contributed by atoms with van der Waals surface area (Å²) in [6.45, 7) is 8.25. The molecule has 0 saturated carbocycles. The molecule has 158 valence electrons. The molecule has 5 nitrogen and oxygen atoms in total. The second kappa shape index (κ2) is 7.71. The summed E-state index contributed by atoms with van der Waals surface area (Å²) >= 11 is 0. The van der Waals surface area contributed by atoms with Gasteiger partial charge in [-0.15, -0.1) is 0 Å². The lowest BCUT2D eigenvalue weighted by Crippen LogP contribution is -2.35. The number of hydrogen-bond acceptors (Lipinski definition) is 5. The van der Waals surface area contributed by atoms with Gasteiger partial charge in [-0.3, -0.25) is 0 Å². The highest BCUT2D eigenvalue weighted by molar-refractivity contribution is 5.86. The molecule has 0 radical (unpaired) electrons. The number of hydrogen-bond donors (Lipinski definition) is 0. The van der Waals surface area contributed by atoms with Gasteiger partial charge in [0, 0.05) is 17.9 Å². The first-order chi connectivity index (χ1) is 14.3. The molecule has 0 N–H and O–H groups in total. The fourth-order valence-electron chi connectivity index (χ4n) is 4.28. The first kappa shape index (κ1) is 20.3. The van der Waals surface area contributed by atoms with Crippen LogP contribution in [0.4, 0.5) is 0 Å². The van der Waals surface area contributed by atoms with Crippen LogP contribution >= 0.6 is 0 Å². The standard InChI is InChI=1S/C25H28O5/c1-15(11-19-12-16(2)14-28-19)7-6-10-25(4)17(3)29-23-20-9-8-18(27-5)13-21(20)30-24(26)22(23)25/h7-9,12-14,17H,6,10-11H2,1-5H3/b15-7+/t17-,25+/m1/s1. The van der Waals surface area contributed by atoms with Crippen LogP contribution in [0.25, 0.3) is 11.0 Å². The minimum absolute atomic E-state index is 0.121. The van der Waals surface area contributed by atoms with Gasteiger partial charge in [0.15, 0.2) is 0 Å². The molecule has 1 aromatic carbocycles. The molecule has 1 aliphatic rings. The summed E-state index contributed by atoms with van der Waals surface area (Å²) in [4.78, 5) is 12.9. The highest BCUT2D eigenvalue weighted by Gasteiger charge is 2.46. The van der Waals surface area contributed by atoms with Gasteiger partial charge >= 0.3 is 5.63 Å². The smallest absolute Gasteiger partial charge is 0.343 e. The number of methoxy groups -OCH3 is 1. The van der Waals surface area contributed by atoms with Crippen molar-refractivity contribution in [2.75, 3.05) is 7.11 Å². The third-order valence-corrected chi connectivity index (χ3v) is 6.22. The molecular formula is C25H28O5. The van der Waals surface area contributed by atoms with Crippen LogP contribution in [0.1, 0.15) is 50.5 Å². The summed E-state index contributed by atoms with van der Waals surface area (Å²) in [6, 6.07) is 7.54. The Kier molecular flexibility index (Phi) is 5.22. The molecule has 5 heteroatoms.